The van der Waals surface area contributed by atoms with E-state index < -0.39 is 10.0 Å². The predicted octanol–water partition coefficient (Wildman–Crippen LogP) is 1.81. The second-order valence-corrected chi connectivity index (χ2v) is 7.33. The van der Waals surface area contributed by atoms with Gasteiger partial charge in [-0.25, -0.2) is 8.42 Å². The van der Waals surface area contributed by atoms with Crippen molar-refractivity contribution in [1.82, 2.24) is 4.90 Å². The molecule has 0 radical (unpaired) electrons. The van der Waals surface area contributed by atoms with Crippen LogP contribution in [0.4, 0.5) is 11.4 Å². The molecule has 1 saturated heterocycles. The van der Waals surface area contributed by atoms with Crippen LogP contribution in [0.2, 0.25) is 0 Å². The highest BCUT2D eigenvalue weighted by atomic mass is 32.2. The third-order valence-electron chi connectivity index (χ3n) is 3.60. The van der Waals surface area contributed by atoms with Crippen molar-refractivity contribution in [3.8, 4) is 0 Å². The molecular formula is C14H23N3O2S. The Labute approximate surface area is 121 Å². The quantitative estimate of drug-likeness (QED) is 0.870. The molecule has 0 amide bonds. The van der Waals surface area contributed by atoms with Crippen LogP contribution < -0.4 is 10.0 Å². The van der Waals surface area contributed by atoms with Crippen molar-refractivity contribution in [1.29, 1.82) is 0 Å². The average Bonchev–Trinajstić information content (AvgIpc) is 2.36. The molecule has 2 rings (SSSR count). The lowest BCUT2D eigenvalue weighted by molar-refractivity contribution is 0.226. The van der Waals surface area contributed by atoms with Gasteiger partial charge in [0.15, 0.2) is 0 Å². The lowest BCUT2D eigenvalue weighted by Crippen LogP contribution is -2.32. The van der Waals surface area contributed by atoms with Crippen molar-refractivity contribution < 1.29 is 8.42 Å². The van der Waals surface area contributed by atoms with Crippen molar-refractivity contribution in [2.24, 2.45) is 5.92 Å². The van der Waals surface area contributed by atoms with Crippen molar-refractivity contribution >= 4 is 21.4 Å². The van der Waals surface area contributed by atoms with E-state index in [0.717, 1.165) is 31.6 Å². The van der Waals surface area contributed by atoms with Crippen LogP contribution in [-0.2, 0) is 10.0 Å². The smallest absolute Gasteiger partial charge is 0.229 e. The van der Waals surface area contributed by atoms with E-state index in [2.05, 4.69) is 22.0 Å². The molecule has 112 valence electrons. The molecule has 2 N–H and O–H groups in total. The first-order valence-electron chi connectivity index (χ1n) is 6.93. The van der Waals surface area contributed by atoms with Gasteiger partial charge in [0.1, 0.15) is 0 Å². The highest BCUT2D eigenvalue weighted by Crippen LogP contribution is 2.19. The minimum atomic E-state index is -3.22. The highest BCUT2D eigenvalue weighted by molar-refractivity contribution is 7.92. The second kappa shape index (κ2) is 6.45. The molecule has 6 heteroatoms. The summed E-state index contributed by atoms with van der Waals surface area (Å²) < 4.78 is 24.9. The van der Waals surface area contributed by atoms with Gasteiger partial charge in [-0.1, -0.05) is 6.07 Å². The van der Waals surface area contributed by atoms with Gasteiger partial charge >= 0.3 is 0 Å². The summed E-state index contributed by atoms with van der Waals surface area (Å²) >= 11 is 0. The molecule has 0 spiro atoms. The summed E-state index contributed by atoms with van der Waals surface area (Å²) in [6, 6.07) is 7.39. The van der Waals surface area contributed by atoms with Crippen LogP contribution in [0.25, 0.3) is 0 Å². The first kappa shape index (κ1) is 15.1. The normalized spacial score (nSPS) is 17.9. The fourth-order valence-electron chi connectivity index (χ4n) is 2.44. The van der Waals surface area contributed by atoms with Crippen LogP contribution in [0.3, 0.4) is 0 Å². The zero-order chi connectivity index (χ0) is 14.6. The van der Waals surface area contributed by atoms with Gasteiger partial charge in [-0.05, 0) is 57.1 Å². The molecule has 0 unspecified atom stereocenters. The van der Waals surface area contributed by atoms with E-state index in [0.29, 0.717) is 11.6 Å². The van der Waals surface area contributed by atoms with Gasteiger partial charge in [-0.3, -0.25) is 4.72 Å². The maximum atomic E-state index is 11.2. The van der Waals surface area contributed by atoms with Crippen LogP contribution in [-0.4, -0.2) is 46.3 Å². The molecule has 1 aromatic rings. The Kier molecular flexibility index (Phi) is 4.88. The van der Waals surface area contributed by atoms with Crippen LogP contribution in [0.5, 0.6) is 0 Å². The number of anilines is 2. The highest BCUT2D eigenvalue weighted by Gasteiger charge is 2.16. The third-order valence-corrected chi connectivity index (χ3v) is 4.21. The van der Waals surface area contributed by atoms with Gasteiger partial charge in [-0.2, -0.15) is 0 Å². The van der Waals surface area contributed by atoms with Gasteiger partial charge in [0, 0.05) is 12.2 Å². The van der Waals surface area contributed by atoms with Gasteiger partial charge in [0.2, 0.25) is 10.0 Å². The lowest BCUT2D eigenvalue weighted by atomic mass is 9.97. The van der Waals surface area contributed by atoms with Crippen molar-refractivity contribution in [2.45, 2.75) is 12.8 Å². The molecule has 1 aromatic carbocycles. The number of rotatable bonds is 5. The Bertz CT molecular complexity index is 537. The SMILES string of the molecule is CN1CCC(CNc2cccc(NS(C)(=O)=O)c2)CC1. The molecule has 1 fully saturated rings. The summed E-state index contributed by atoms with van der Waals surface area (Å²) in [5.74, 6) is 0.692. The minimum Gasteiger partial charge on any atom is -0.385 e. The van der Waals surface area contributed by atoms with E-state index in [4.69, 9.17) is 0 Å². The predicted molar refractivity (Wildman–Crippen MR) is 83.6 cm³/mol. The molecule has 0 aliphatic carbocycles. The first-order chi connectivity index (χ1) is 9.42. The fraction of sp³-hybridized carbons (Fsp3) is 0.571. The molecule has 0 bridgehead atoms. The number of nitrogens with zero attached hydrogens (tertiary/aromatic N) is 1. The van der Waals surface area contributed by atoms with E-state index in [9.17, 15) is 8.42 Å². The van der Waals surface area contributed by atoms with Crippen molar-refractivity contribution in [2.75, 3.05) is 43.0 Å². The summed E-state index contributed by atoms with van der Waals surface area (Å²) in [7, 11) is -1.06. The van der Waals surface area contributed by atoms with Gasteiger partial charge in [-0.15, -0.1) is 0 Å². The monoisotopic (exact) mass is 297 g/mol. The molecule has 20 heavy (non-hydrogen) atoms. The summed E-state index contributed by atoms with van der Waals surface area (Å²) in [5, 5.41) is 3.40. The van der Waals surface area contributed by atoms with E-state index in [1.807, 2.05) is 18.2 Å². The van der Waals surface area contributed by atoms with E-state index in [1.165, 1.54) is 12.8 Å². The van der Waals surface area contributed by atoms with E-state index in [-0.39, 0.29) is 0 Å². The molecule has 1 heterocycles. The summed E-state index contributed by atoms with van der Waals surface area (Å²) in [5.41, 5.74) is 1.55. The molecule has 1 aliphatic rings. The lowest BCUT2D eigenvalue weighted by Gasteiger charge is -2.29. The third kappa shape index (κ3) is 5.02. The largest absolute Gasteiger partial charge is 0.385 e. The number of sulfonamides is 1. The Hall–Kier alpha value is -1.27. The molecule has 5 nitrogen and oxygen atoms in total. The number of hydrogen-bond donors (Lipinski definition) is 2. The molecular weight excluding hydrogens is 274 g/mol. The maximum Gasteiger partial charge on any atom is 0.229 e. The standard InChI is InChI=1S/C14H23N3O2S/c1-17-8-6-12(7-9-17)11-15-13-4-3-5-14(10-13)16-20(2,18)19/h3-5,10,12,15-16H,6-9,11H2,1-2H3. The van der Waals surface area contributed by atoms with Gasteiger partial charge < -0.3 is 10.2 Å². The Morgan fingerprint density at radius 1 is 1.25 bits per heavy atom. The van der Waals surface area contributed by atoms with Crippen LogP contribution in [0, 0.1) is 5.92 Å². The second-order valence-electron chi connectivity index (χ2n) is 5.58. The summed E-state index contributed by atoms with van der Waals surface area (Å²) in [4.78, 5) is 2.35. The van der Waals surface area contributed by atoms with E-state index in [1.54, 1.807) is 6.07 Å². The van der Waals surface area contributed by atoms with Gasteiger partial charge in [0.05, 0.1) is 11.9 Å². The minimum absolute atomic E-state index is 0.598. The average molecular weight is 297 g/mol. The number of benzene rings is 1. The van der Waals surface area contributed by atoms with Gasteiger partial charge in [0.25, 0.3) is 0 Å². The topological polar surface area (TPSA) is 61.4 Å². The summed E-state index contributed by atoms with van der Waals surface area (Å²) in [6.45, 7) is 3.25. The Morgan fingerprint density at radius 3 is 2.55 bits per heavy atom. The number of hydrogen-bond acceptors (Lipinski definition) is 4. The Morgan fingerprint density at radius 2 is 1.90 bits per heavy atom. The number of piperidine rings is 1. The maximum absolute atomic E-state index is 11.2. The zero-order valence-electron chi connectivity index (χ0n) is 12.1. The van der Waals surface area contributed by atoms with Crippen molar-refractivity contribution in [3.63, 3.8) is 0 Å². The number of nitrogens with one attached hydrogen (secondary N) is 2. The molecule has 0 aromatic heterocycles. The van der Waals surface area contributed by atoms with Crippen molar-refractivity contribution in [3.05, 3.63) is 24.3 Å². The molecule has 0 atom stereocenters. The van der Waals surface area contributed by atoms with Crippen LogP contribution in [0.15, 0.2) is 24.3 Å². The zero-order valence-corrected chi connectivity index (χ0v) is 12.9. The first-order valence-corrected chi connectivity index (χ1v) is 8.82. The van der Waals surface area contributed by atoms with E-state index >= 15 is 0 Å². The number of likely N-dealkylation sites (tertiary alicyclic amines) is 1. The molecule has 0 saturated carbocycles. The molecule has 1 aliphatic heterocycles. The fourth-order valence-corrected chi connectivity index (χ4v) is 2.99. The van der Waals surface area contributed by atoms with Crippen LogP contribution in [0.1, 0.15) is 12.8 Å². The van der Waals surface area contributed by atoms with Crippen LogP contribution >= 0.6 is 0 Å². The summed E-state index contributed by atoms with van der Waals surface area (Å²) in [6.07, 6.45) is 3.58. The Balaban J connectivity index is 1.88.